The molecule has 2 heterocycles. The quantitative estimate of drug-likeness (QED) is 0.730. The summed E-state index contributed by atoms with van der Waals surface area (Å²) in [5.74, 6) is 0.442. The van der Waals surface area contributed by atoms with Crippen molar-refractivity contribution in [2.75, 3.05) is 33.3 Å². The number of pyridine rings is 1. The first-order valence-corrected chi connectivity index (χ1v) is 10.9. The number of hydrogen-bond acceptors (Lipinski definition) is 5. The zero-order chi connectivity index (χ0) is 21.2. The van der Waals surface area contributed by atoms with Crippen LogP contribution in [0.2, 0.25) is 0 Å². The molecule has 29 heavy (non-hydrogen) atoms. The molecule has 1 aromatic carbocycles. The minimum Gasteiger partial charge on any atom is -0.497 e. The van der Waals surface area contributed by atoms with E-state index in [1.807, 2.05) is 0 Å². The first kappa shape index (κ1) is 21.1. The lowest BCUT2D eigenvalue weighted by molar-refractivity contribution is 0.0697. The van der Waals surface area contributed by atoms with Gasteiger partial charge in [0.2, 0.25) is 10.0 Å². The van der Waals surface area contributed by atoms with Crippen molar-refractivity contribution >= 4 is 15.9 Å². The summed E-state index contributed by atoms with van der Waals surface area (Å²) >= 11 is 0. The Bertz CT molecular complexity index is 1040. The van der Waals surface area contributed by atoms with Gasteiger partial charge in [-0.3, -0.25) is 14.2 Å². The van der Waals surface area contributed by atoms with Gasteiger partial charge in [-0.1, -0.05) is 0 Å². The fourth-order valence-corrected chi connectivity index (χ4v) is 4.45. The van der Waals surface area contributed by atoms with Crippen LogP contribution in [-0.4, -0.2) is 66.6 Å². The van der Waals surface area contributed by atoms with E-state index < -0.39 is 15.3 Å². The number of piperazine rings is 1. The summed E-state index contributed by atoms with van der Waals surface area (Å²) in [5.41, 5.74) is 0.749. The Kier molecular flexibility index (Phi) is 6.09. The van der Waals surface area contributed by atoms with Crippen LogP contribution in [-0.2, 0) is 10.0 Å². The van der Waals surface area contributed by atoms with Gasteiger partial charge in [0, 0.05) is 44.1 Å². The number of ether oxygens (including phenoxy) is 1. The van der Waals surface area contributed by atoms with Crippen molar-refractivity contribution in [3.63, 3.8) is 0 Å². The molecule has 0 spiro atoms. The minimum atomic E-state index is -3.33. The number of amides is 1. The van der Waals surface area contributed by atoms with Gasteiger partial charge < -0.3 is 9.64 Å². The van der Waals surface area contributed by atoms with E-state index in [1.165, 1.54) is 27.2 Å². The Morgan fingerprint density at radius 3 is 2.17 bits per heavy atom. The van der Waals surface area contributed by atoms with Crippen LogP contribution in [0.5, 0.6) is 5.75 Å². The van der Waals surface area contributed by atoms with Gasteiger partial charge >= 0.3 is 0 Å². The number of rotatable bonds is 5. The largest absolute Gasteiger partial charge is 0.497 e. The van der Waals surface area contributed by atoms with Gasteiger partial charge in [-0.15, -0.1) is 0 Å². The van der Waals surface area contributed by atoms with E-state index in [9.17, 15) is 18.0 Å². The van der Waals surface area contributed by atoms with Crippen molar-refractivity contribution in [3.05, 3.63) is 58.5 Å². The summed E-state index contributed by atoms with van der Waals surface area (Å²) in [6.45, 7) is 4.46. The molecular formula is C20H25N3O5S. The Morgan fingerprint density at radius 2 is 1.62 bits per heavy atom. The maximum absolute atomic E-state index is 12.9. The molecule has 3 rings (SSSR count). The molecule has 8 nitrogen and oxygen atoms in total. The number of methoxy groups -OCH3 is 1. The molecule has 1 fully saturated rings. The Hall–Kier alpha value is -2.65. The number of sulfonamides is 1. The van der Waals surface area contributed by atoms with Crippen molar-refractivity contribution < 1.29 is 17.9 Å². The van der Waals surface area contributed by atoms with Crippen LogP contribution < -0.4 is 10.3 Å². The van der Waals surface area contributed by atoms with Crippen LogP contribution in [0.4, 0.5) is 0 Å². The highest BCUT2D eigenvalue weighted by atomic mass is 32.2. The predicted octanol–water partition coefficient (Wildman–Crippen LogP) is 1.34. The number of aromatic nitrogens is 1. The second-order valence-electron chi connectivity index (χ2n) is 7.11. The third kappa shape index (κ3) is 4.35. The predicted molar refractivity (Wildman–Crippen MR) is 110 cm³/mol. The molecule has 0 bridgehead atoms. The fourth-order valence-electron chi connectivity index (χ4n) is 3.18. The highest BCUT2D eigenvalue weighted by Crippen LogP contribution is 2.16. The monoisotopic (exact) mass is 419 g/mol. The Labute approximate surface area is 170 Å². The number of nitrogens with zero attached hydrogens (tertiary/aromatic N) is 3. The molecule has 1 saturated heterocycles. The Morgan fingerprint density at radius 1 is 1.00 bits per heavy atom. The van der Waals surface area contributed by atoms with E-state index in [0.29, 0.717) is 30.1 Å². The zero-order valence-corrected chi connectivity index (χ0v) is 17.6. The number of carbonyl (C=O) groups is 1. The maximum atomic E-state index is 12.9. The lowest BCUT2D eigenvalue weighted by atomic mass is 10.2. The molecule has 0 unspecified atom stereocenters. The highest BCUT2D eigenvalue weighted by Gasteiger charge is 2.31. The molecule has 1 aromatic heterocycles. The molecule has 1 amide bonds. The van der Waals surface area contributed by atoms with E-state index >= 15 is 0 Å². The lowest BCUT2D eigenvalue weighted by Crippen LogP contribution is -2.52. The van der Waals surface area contributed by atoms with Gasteiger partial charge in [0.15, 0.2) is 0 Å². The summed E-state index contributed by atoms with van der Waals surface area (Å²) in [6, 6.07) is 9.82. The van der Waals surface area contributed by atoms with E-state index in [0.717, 1.165) is 0 Å². The summed E-state index contributed by atoms with van der Waals surface area (Å²) in [5, 5.41) is -0.488. The van der Waals surface area contributed by atoms with Gasteiger partial charge in [0.25, 0.3) is 11.5 Å². The zero-order valence-electron chi connectivity index (χ0n) is 16.7. The number of hydrogen-bond donors (Lipinski definition) is 0. The van der Waals surface area contributed by atoms with Crippen molar-refractivity contribution in [2.45, 2.75) is 19.1 Å². The first-order valence-electron chi connectivity index (χ1n) is 9.39. The van der Waals surface area contributed by atoms with Crippen LogP contribution in [0.3, 0.4) is 0 Å². The third-order valence-electron chi connectivity index (χ3n) is 4.99. The van der Waals surface area contributed by atoms with Crippen LogP contribution in [0, 0.1) is 0 Å². The van der Waals surface area contributed by atoms with Crippen molar-refractivity contribution in [1.29, 1.82) is 0 Å². The molecule has 0 aliphatic carbocycles. The molecule has 9 heteroatoms. The maximum Gasteiger partial charge on any atom is 0.255 e. The van der Waals surface area contributed by atoms with E-state index in [1.54, 1.807) is 50.1 Å². The standard InChI is InChI=1S/C20H25N3O5S/c1-15(2)29(26,27)22-12-10-21(11-13-22)20(25)16-4-9-19(24)23(14-16)17-5-7-18(28-3)8-6-17/h4-9,14-15H,10-13H2,1-3H3. The van der Waals surface area contributed by atoms with E-state index in [-0.39, 0.29) is 24.6 Å². The van der Waals surface area contributed by atoms with Gasteiger partial charge in [-0.2, -0.15) is 4.31 Å². The highest BCUT2D eigenvalue weighted by molar-refractivity contribution is 7.89. The summed E-state index contributed by atoms with van der Waals surface area (Å²) in [4.78, 5) is 26.8. The van der Waals surface area contributed by atoms with Crippen molar-refractivity contribution in [2.24, 2.45) is 0 Å². The third-order valence-corrected chi connectivity index (χ3v) is 7.27. The van der Waals surface area contributed by atoms with Crippen LogP contribution >= 0.6 is 0 Å². The van der Waals surface area contributed by atoms with Gasteiger partial charge in [-0.25, -0.2) is 8.42 Å². The van der Waals surface area contributed by atoms with E-state index in [2.05, 4.69) is 0 Å². The van der Waals surface area contributed by atoms with Crippen molar-refractivity contribution in [1.82, 2.24) is 13.8 Å². The molecule has 0 radical (unpaired) electrons. The van der Waals surface area contributed by atoms with Gasteiger partial charge in [0.05, 0.1) is 17.9 Å². The second-order valence-corrected chi connectivity index (χ2v) is 9.60. The summed E-state index contributed by atoms with van der Waals surface area (Å²) in [6.07, 6.45) is 1.52. The normalized spacial score (nSPS) is 15.5. The van der Waals surface area contributed by atoms with Gasteiger partial charge in [0.1, 0.15) is 5.75 Å². The molecule has 0 atom stereocenters. The molecule has 0 saturated carbocycles. The molecule has 2 aromatic rings. The molecule has 156 valence electrons. The van der Waals surface area contributed by atoms with Crippen LogP contribution in [0.15, 0.2) is 47.4 Å². The average Bonchev–Trinajstić information content (AvgIpc) is 2.73. The second kappa shape index (κ2) is 8.38. The minimum absolute atomic E-state index is 0.228. The molecular weight excluding hydrogens is 394 g/mol. The van der Waals surface area contributed by atoms with E-state index in [4.69, 9.17) is 4.74 Å². The SMILES string of the molecule is COc1ccc(-n2cc(C(=O)N3CCN(S(=O)(=O)C(C)C)CC3)ccc2=O)cc1. The molecule has 0 N–H and O–H groups in total. The summed E-state index contributed by atoms with van der Waals surface area (Å²) < 4.78 is 32.6. The average molecular weight is 420 g/mol. The smallest absolute Gasteiger partial charge is 0.255 e. The molecule has 1 aliphatic rings. The van der Waals surface area contributed by atoms with Crippen molar-refractivity contribution in [3.8, 4) is 11.4 Å². The van der Waals surface area contributed by atoms with Gasteiger partial charge in [-0.05, 0) is 44.2 Å². The fraction of sp³-hybridized carbons (Fsp3) is 0.400. The first-order chi connectivity index (χ1) is 13.7. The topological polar surface area (TPSA) is 88.9 Å². The Balaban J connectivity index is 1.78. The molecule has 1 aliphatic heterocycles. The van der Waals surface area contributed by atoms with Crippen LogP contribution in [0.1, 0.15) is 24.2 Å². The number of benzene rings is 1. The van der Waals surface area contributed by atoms with Crippen LogP contribution in [0.25, 0.3) is 5.69 Å². The number of carbonyl (C=O) groups excluding carboxylic acids is 1. The lowest BCUT2D eigenvalue weighted by Gasteiger charge is -2.35. The summed E-state index contributed by atoms with van der Waals surface area (Å²) in [7, 11) is -1.77.